The molecule has 0 saturated carbocycles. The van der Waals surface area contributed by atoms with E-state index in [9.17, 15) is 22.4 Å². The van der Waals surface area contributed by atoms with Gasteiger partial charge >= 0.3 is 0 Å². The zero-order chi connectivity index (χ0) is 21.2. The second-order valence-electron chi connectivity index (χ2n) is 7.05. The minimum atomic E-state index is -3.63. The van der Waals surface area contributed by atoms with Crippen LogP contribution in [0.15, 0.2) is 48.5 Å². The van der Waals surface area contributed by atoms with Crippen LogP contribution in [-0.4, -0.2) is 55.3 Å². The molecule has 0 radical (unpaired) electrons. The van der Waals surface area contributed by atoms with Crippen molar-refractivity contribution in [2.45, 2.75) is 19.0 Å². The minimum Gasteiger partial charge on any atom is -0.335 e. The van der Waals surface area contributed by atoms with E-state index in [2.05, 4.69) is 5.32 Å². The fourth-order valence-corrected chi connectivity index (χ4v) is 4.34. The molecule has 3 rings (SSSR count). The number of carbonyl (C=O) groups is 2. The van der Waals surface area contributed by atoms with E-state index in [0.717, 1.165) is 17.4 Å². The molecule has 2 amide bonds. The molecule has 1 N–H and O–H groups in total. The number of halogens is 1. The quantitative estimate of drug-likeness (QED) is 0.798. The van der Waals surface area contributed by atoms with Gasteiger partial charge in [-0.15, -0.1) is 0 Å². The van der Waals surface area contributed by atoms with E-state index in [0.29, 0.717) is 5.69 Å². The standard InChI is InChI=1S/C20H22FN3O4S/c1-23(13-19(25)22-17-9-7-16(21)8-10-17)20(26)18-11-14-5-3-4-6-15(14)12-24(18)29(2,27)28/h3-10,18H,11-13H2,1-2H3,(H,22,25)/t18-/m0/s1. The Hall–Kier alpha value is -2.78. The number of anilines is 1. The van der Waals surface area contributed by atoms with E-state index in [1.807, 2.05) is 24.3 Å². The van der Waals surface area contributed by atoms with Crippen LogP contribution in [0.4, 0.5) is 10.1 Å². The molecular formula is C20H22FN3O4S. The van der Waals surface area contributed by atoms with Crippen molar-refractivity contribution in [2.75, 3.05) is 25.2 Å². The average molecular weight is 419 g/mol. The maximum absolute atomic E-state index is 13.0. The van der Waals surface area contributed by atoms with Crippen LogP contribution in [0.5, 0.6) is 0 Å². The largest absolute Gasteiger partial charge is 0.335 e. The second-order valence-corrected chi connectivity index (χ2v) is 8.98. The summed E-state index contributed by atoms with van der Waals surface area (Å²) < 4.78 is 38.7. The van der Waals surface area contributed by atoms with Gasteiger partial charge in [0.15, 0.2) is 0 Å². The normalized spacial score (nSPS) is 16.7. The summed E-state index contributed by atoms with van der Waals surface area (Å²) >= 11 is 0. The lowest BCUT2D eigenvalue weighted by molar-refractivity contribution is -0.137. The highest BCUT2D eigenvalue weighted by Gasteiger charge is 2.38. The van der Waals surface area contributed by atoms with Crippen molar-refractivity contribution in [3.63, 3.8) is 0 Å². The summed E-state index contributed by atoms with van der Waals surface area (Å²) in [5.74, 6) is -1.34. The summed E-state index contributed by atoms with van der Waals surface area (Å²) in [6, 6.07) is 11.7. The van der Waals surface area contributed by atoms with Gasteiger partial charge in [-0.25, -0.2) is 12.8 Å². The van der Waals surface area contributed by atoms with Crippen molar-refractivity contribution in [3.8, 4) is 0 Å². The summed E-state index contributed by atoms with van der Waals surface area (Å²) in [5.41, 5.74) is 2.18. The highest BCUT2D eigenvalue weighted by molar-refractivity contribution is 7.88. The van der Waals surface area contributed by atoms with E-state index in [1.165, 1.54) is 40.5 Å². The van der Waals surface area contributed by atoms with Gasteiger partial charge in [0, 0.05) is 19.3 Å². The summed E-state index contributed by atoms with van der Waals surface area (Å²) in [4.78, 5) is 26.4. The molecule has 0 unspecified atom stereocenters. The van der Waals surface area contributed by atoms with Crippen molar-refractivity contribution >= 4 is 27.5 Å². The first-order valence-electron chi connectivity index (χ1n) is 8.99. The smallest absolute Gasteiger partial charge is 0.243 e. The fourth-order valence-electron chi connectivity index (χ4n) is 3.34. The molecule has 9 heteroatoms. The van der Waals surface area contributed by atoms with Gasteiger partial charge in [0.25, 0.3) is 0 Å². The lowest BCUT2D eigenvalue weighted by Crippen LogP contribution is -2.53. The van der Waals surface area contributed by atoms with Crippen LogP contribution in [0.3, 0.4) is 0 Å². The number of hydrogen-bond donors (Lipinski definition) is 1. The molecule has 7 nitrogen and oxygen atoms in total. The monoisotopic (exact) mass is 419 g/mol. The van der Waals surface area contributed by atoms with E-state index in [-0.39, 0.29) is 19.5 Å². The Kier molecular flexibility index (Phi) is 5.99. The number of benzene rings is 2. The van der Waals surface area contributed by atoms with Gasteiger partial charge in [-0.3, -0.25) is 9.59 Å². The number of carbonyl (C=O) groups excluding carboxylic acids is 2. The third-order valence-electron chi connectivity index (χ3n) is 4.80. The van der Waals surface area contributed by atoms with Crippen molar-refractivity contribution in [3.05, 3.63) is 65.5 Å². The number of likely N-dealkylation sites (N-methyl/N-ethyl adjacent to an activating group) is 1. The maximum Gasteiger partial charge on any atom is 0.243 e. The van der Waals surface area contributed by atoms with Gasteiger partial charge in [-0.2, -0.15) is 4.31 Å². The Morgan fingerprint density at radius 3 is 2.38 bits per heavy atom. The van der Waals surface area contributed by atoms with E-state index >= 15 is 0 Å². The molecule has 0 aromatic heterocycles. The third kappa shape index (κ3) is 4.99. The van der Waals surface area contributed by atoms with Gasteiger partial charge in [0.2, 0.25) is 21.8 Å². The molecule has 0 fully saturated rings. The first-order chi connectivity index (χ1) is 13.6. The highest BCUT2D eigenvalue weighted by atomic mass is 32.2. The molecule has 154 valence electrons. The van der Waals surface area contributed by atoms with Crippen LogP contribution in [0.25, 0.3) is 0 Å². The van der Waals surface area contributed by atoms with E-state index in [1.54, 1.807) is 0 Å². The van der Waals surface area contributed by atoms with Crippen molar-refractivity contribution < 1.29 is 22.4 Å². The van der Waals surface area contributed by atoms with Gasteiger partial charge in [-0.1, -0.05) is 24.3 Å². The first-order valence-corrected chi connectivity index (χ1v) is 10.8. The zero-order valence-corrected chi connectivity index (χ0v) is 16.9. The Bertz CT molecular complexity index is 1020. The Labute approximate surface area is 169 Å². The number of nitrogens with one attached hydrogen (secondary N) is 1. The number of hydrogen-bond acceptors (Lipinski definition) is 4. The van der Waals surface area contributed by atoms with Crippen molar-refractivity contribution in [1.82, 2.24) is 9.21 Å². The Morgan fingerprint density at radius 1 is 1.14 bits per heavy atom. The molecule has 0 aliphatic carbocycles. The third-order valence-corrected chi connectivity index (χ3v) is 6.04. The number of rotatable bonds is 5. The second kappa shape index (κ2) is 8.30. The SMILES string of the molecule is CN(CC(=O)Nc1ccc(F)cc1)C(=O)[C@@H]1Cc2ccccc2CN1S(C)(=O)=O. The minimum absolute atomic E-state index is 0.112. The first kappa shape index (κ1) is 20.9. The van der Waals surface area contributed by atoms with Crippen LogP contribution in [-0.2, 0) is 32.6 Å². The lowest BCUT2D eigenvalue weighted by Gasteiger charge is -2.36. The highest BCUT2D eigenvalue weighted by Crippen LogP contribution is 2.26. The average Bonchev–Trinajstić information content (AvgIpc) is 2.67. The number of amides is 2. The maximum atomic E-state index is 13.0. The molecular weight excluding hydrogens is 397 g/mol. The topological polar surface area (TPSA) is 86.8 Å². The van der Waals surface area contributed by atoms with Crippen LogP contribution in [0.1, 0.15) is 11.1 Å². The summed E-state index contributed by atoms with van der Waals surface area (Å²) in [6.45, 7) is -0.146. The molecule has 0 saturated heterocycles. The molecule has 0 bridgehead atoms. The molecule has 1 aliphatic rings. The Balaban J connectivity index is 1.73. The van der Waals surface area contributed by atoms with Gasteiger partial charge in [0.05, 0.1) is 12.8 Å². The van der Waals surface area contributed by atoms with Gasteiger partial charge in [0.1, 0.15) is 11.9 Å². The molecule has 2 aromatic carbocycles. The van der Waals surface area contributed by atoms with E-state index < -0.39 is 33.7 Å². The summed E-state index contributed by atoms with van der Waals surface area (Å²) in [7, 11) is -2.18. The van der Waals surface area contributed by atoms with Gasteiger partial charge in [-0.05, 0) is 41.8 Å². The number of sulfonamides is 1. The molecule has 2 aromatic rings. The molecule has 29 heavy (non-hydrogen) atoms. The van der Waals surface area contributed by atoms with Crippen molar-refractivity contribution in [1.29, 1.82) is 0 Å². The lowest BCUT2D eigenvalue weighted by atomic mass is 9.95. The summed E-state index contributed by atoms with van der Waals surface area (Å²) in [5, 5.41) is 2.58. The predicted octanol–water partition coefficient (Wildman–Crippen LogP) is 1.61. The zero-order valence-electron chi connectivity index (χ0n) is 16.1. The molecule has 1 aliphatic heterocycles. The molecule has 1 atom stereocenters. The van der Waals surface area contributed by atoms with Crippen LogP contribution >= 0.6 is 0 Å². The molecule has 0 spiro atoms. The molecule has 1 heterocycles. The van der Waals surface area contributed by atoms with Crippen LogP contribution in [0, 0.1) is 5.82 Å². The van der Waals surface area contributed by atoms with Gasteiger partial charge < -0.3 is 10.2 Å². The van der Waals surface area contributed by atoms with Crippen LogP contribution in [0.2, 0.25) is 0 Å². The number of fused-ring (bicyclic) bond motifs is 1. The summed E-state index contributed by atoms with van der Waals surface area (Å²) in [6.07, 6.45) is 1.31. The fraction of sp³-hybridized carbons (Fsp3) is 0.300. The Morgan fingerprint density at radius 2 is 1.76 bits per heavy atom. The predicted molar refractivity (Wildman–Crippen MR) is 107 cm³/mol. The van der Waals surface area contributed by atoms with Crippen LogP contribution < -0.4 is 5.32 Å². The van der Waals surface area contributed by atoms with Crippen molar-refractivity contribution in [2.24, 2.45) is 0 Å². The van der Waals surface area contributed by atoms with E-state index in [4.69, 9.17) is 0 Å². The number of nitrogens with zero attached hydrogens (tertiary/aromatic N) is 2.